The lowest BCUT2D eigenvalue weighted by Gasteiger charge is -2.21. The molecular weight excluding hydrogens is 928 g/mol. The van der Waals surface area contributed by atoms with Crippen LogP contribution in [0.15, 0.2) is 48.6 Å². The Morgan fingerprint density at radius 1 is 0.403 bits per heavy atom. The first kappa shape index (κ1) is 69.4. The maximum absolute atomic E-state index is 12.9. The number of esters is 3. The maximum Gasteiger partial charge on any atom is 0.472 e. The van der Waals surface area contributed by atoms with Crippen molar-refractivity contribution >= 4 is 25.7 Å². The Morgan fingerprint density at radius 2 is 0.722 bits per heavy atom. The molecule has 72 heavy (non-hydrogen) atoms. The monoisotopic (exact) mass is 1040 g/mol. The summed E-state index contributed by atoms with van der Waals surface area (Å²) in [7, 11) is -4.75. The molecular formula is C60H109O11P. The highest BCUT2D eigenvalue weighted by Gasteiger charge is 2.28. The van der Waals surface area contributed by atoms with Crippen molar-refractivity contribution in [1.82, 2.24) is 0 Å². The van der Waals surface area contributed by atoms with Crippen LogP contribution in [0.25, 0.3) is 0 Å². The van der Waals surface area contributed by atoms with E-state index in [1.54, 1.807) is 0 Å². The van der Waals surface area contributed by atoms with Crippen molar-refractivity contribution in [2.75, 3.05) is 26.4 Å². The number of ether oxygens (including phenoxy) is 3. The summed E-state index contributed by atoms with van der Waals surface area (Å²) >= 11 is 0. The lowest BCUT2D eigenvalue weighted by molar-refractivity contribution is -0.161. The minimum Gasteiger partial charge on any atom is -0.462 e. The normalized spacial score (nSPS) is 13.7. The largest absolute Gasteiger partial charge is 0.472 e. The smallest absolute Gasteiger partial charge is 0.462 e. The molecule has 0 aromatic rings. The molecule has 0 saturated carbocycles. The second-order valence-corrected chi connectivity index (χ2v) is 21.2. The lowest BCUT2D eigenvalue weighted by Crippen LogP contribution is -2.30. The van der Waals surface area contributed by atoms with Crippen LogP contribution in [0.1, 0.15) is 278 Å². The van der Waals surface area contributed by atoms with E-state index in [2.05, 4.69) is 69.4 Å². The molecule has 0 aromatic heterocycles. The molecule has 0 saturated heterocycles. The van der Waals surface area contributed by atoms with Crippen molar-refractivity contribution in [2.24, 2.45) is 0 Å². The number of rotatable bonds is 55. The van der Waals surface area contributed by atoms with Gasteiger partial charge in [-0.25, -0.2) is 4.57 Å². The fraction of sp³-hybridized carbons (Fsp3) is 0.817. The summed E-state index contributed by atoms with van der Waals surface area (Å²) in [6.45, 7) is 4.53. The number of phosphoric acid groups is 1. The Morgan fingerprint density at radius 3 is 1.12 bits per heavy atom. The zero-order valence-electron chi connectivity index (χ0n) is 46.4. The van der Waals surface area contributed by atoms with Gasteiger partial charge in [0.1, 0.15) is 12.7 Å². The molecule has 0 spiro atoms. The molecule has 0 aromatic carbocycles. The number of hydrogen-bond donors (Lipinski definition) is 2. The quantitative estimate of drug-likeness (QED) is 0.0197. The van der Waals surface area contributed by atoms with E-state index in [9.17, 15) is 28.9 Å². The zero-order chi connectivity index (χ0) is 52.7. The summed E-state index contributed by atoms with van der Waals surface area (Å²) in [5.41, 5.74) is 0. The van der Waals surface area contributed by atoms with Crippen LogP contribution in [0.3, 0.4) is 0 Å². The number of carbonyl (C=O) groups is 3. The van der Waals surface area contributed by atoms with Crippen molar-refractivity contribution in [3.8, 4) is 0 Å². The van der Waals surface area contributed by atoms with Crippen LogP contribution in [0.5, 0.6) is 0 Å². The molecule has 0 heterocycles. The minimum atomic E-state index is -4.75. The van der Waals surface area contributed by atoms with Crippen LogP contribution in [-0.2, 0) is 42.2 Å². The van der Waals surface area contributed by atoms with E-state index in [0.717, 1.165) is 89.9 Å². The first-order chi connectivity index (χ1) is 35.2. The summed E-state index contributed by atoms with van der Waals surface area (Å²) in [4.78, 5) is 48.5. The fourth-order valence-electron chi connectivity index (χ4n) is 8.25. The Balaban J connectivity index is 4.70. The lowest BCUT2D eigenvalue weighted by atomic mass is 10.1. The first-order valence-corrected chi connectivity index (χ1v) is 31.0. The van der Waals surface area contributed by atoms with Crippen molar-refractivity contribution in [1.29, 1.82) is 0 Å². The van der Waals surface area contributed by atoms with Gasteiger partial charge >= 0.3 is 25.7 Å². The molecule has 0 radical (unpaired) electrons. The fourth-order valence-corrected chi connectivity index (χ4v) is 9.03. The Hall–Kier alpha value is -2.56. The molecule has 0 fully saturated rings. The molecule has 3 unspecified atom stereocenters. The zero-order valence-corrected chi connectivity index (χ0v) is 47.3. The van der Waals surface area contributed by atoms with Crippen LogP contribution in [0.4, 0.5) is 0 Å². The third-order valence-corrected chi connectivity index (χ3v) is 13.7. The number of unbranched alkanes of at least 4 members (excludes halogenated alkanes) is 30. The van der Waals surface area contributed by atoms with E-state index >= 15 is 0 Å². The van der Waals surface area contributed by atoms with Gasteiger partial charge in [0.05, 0.1) is 19.8 Å². The second-order valence-electron chi connectivity index (χ2n) is 19.8. The van der Waals surface area contributed by atoms with E-state index in [0.29, 0.717) is 19.3 Å². The van der Waals surface area contributed by atoms with Gasteiger partial charge in [0.25, 0.3) is 0 Å². The number of hydrogen-bond acceptors (Lipinski definition) is 10. The highest BCUT2D eigenvalue weighted by molar-refractivity contribution is 7.47. The highest BCUT2D eigenvalue weighted by atomic mass is 31.2. The number of carbonyl (C=O) groups excluding carboxylic acids is 3. The summed E-state index contributed by atoms with van der Waals surface area (Å²) in [6, 6.07) is 0. The summed E-state index contributed by atoms with van der Waals surface area (Å²) in [5, 5.41) is 9.79. The molecule has 0 amide bonds. The van der Waals surface area contributed by atoms with Crippen LogP contribution in [0, 0.1) is 0 Å². The molecule has 0 aliphatic carbocycles. The summed E-state index contributed by atoms with van der Waals surface area (Å²) < 4.78 is 39.5. The number of aliphatic hydroxyl groups is 1. The van der Waals surface area contributed by atoms with E-state index < -0.39 is 57.8 Å². The average molecular weight is 1040 g/mol. The standard InChI is InChI=1S/C60H109O11P/c1-4-7-10-13-16-19-22-24-26-27-28-29-31-32-35-37-40-43-46-49-58(62)67-53-57(71-60(64)51-48-45-42-39-36-33-30-25-23-20-17-14-11-8-5-2)55-69-72(65,66)68-54-56(52-61)70-59(63)50-47-44-41-38-34-21-18-15-12-9-6-3/h8,11,17,20,24-26,30,56-57,61H,4-7,9-10,12-16,18-19,21-23,27-29,31-55H2,1-3H3,(H,65,66)/b11-8-,20-17-,26-24-,30-25-. The van der Waals surface area contributed by atoms with E-state index in [4.69, 9.17) is 23.3 Å². The molecule has 3 atom stereocenters. The predicted octanol–water partition coefficient (Wildman–Crippen LogP) is 17.4. The van der Waals surface area contributed by atoms with Gasteiger partial charge in [-0.2, -0.15) is 0 Å². The van der Waals surface area contributed by atoms with Gasteiger partial charge in [0.15, 0.2) is 6.10 Å². The molecule has 0 rings (SSSR count). The van der Waals surface area contributed by atoms with Crippen molar-refractivity contribution in [3.63, 3.8) is 0 Å². The first-order valence-electron chi connectivity index (χ1n) is 29.5. The van der Waals surface area contributed by atoms with E-state index in [-0.39, 0.29) is 25.9 Å². The second kappa shape index (κ2) is 54.7. The van der Waals surface area contributed by atoms with Gasteiger partial charge in [-0.15, -0.1) is 0 Å². The Labute approximate surface area is 441 Å². The van der Waals surface area contributed by atoms with E-state index in [1.807, 2.05) is 0 Å². The predicted molar refractivity (Wildman–Crippen MR) is 298 cm³/mol. The van der Waals surface area contributed by atoms with Gasteiger partial charge in [-0.3, -0.25) is 23.4 Å². The van der Waals surface area contributed by atoms with Gasteiger partial charge in [0, 0.05) is 19.3 Å². The molecule has 0 bridgehead atoms. The number of aliphatic hydroxyl groups excluding tert-OH is 1. The van der Waals surface area contributed by atoms with E-state index in [1.165, 1.54) is 128 Å². The topological polar surface area (TPSA) is 155 Å². The van der Waals surface area contributed by atoms with Gasteiger partial charge in [0.2, 0.25) is 0 Å². The Kier molecular flexibility index (Phi) is 52.7. The van der Waals surface area contributed by atoms with Gasteiger partial charge in [-0.05, 0) is 77.0 Å². The molecule has 0 aliphatic rings. The third-order valence-electron chi connectivity index (χ3n) is 12.7. The summed E-state index contributed by atoms with van der Waals surface area (Å²) in [6.07, 6.45) is 57.9. The highest BCUT2D eigenvalue weighted by Crippen LogP contribution is 2.43. The van der Waals surface area contributed by atoms with Crippen molar-refractivity contribution in [2.45, 2.75) is 290 Å². The van der Waals surface area contributed by atoms with Crippen LogP contribution in [-0.4, -0.2) is 66.5 Å². The minimum absolute atomic E-state index is 0.150. The molecule has 12 heteroatoms. The summed E-state index contributed by atoms with van der Waals surface area (Å²) in [5.74, 6) is -1.47. The molecule has 2 N–H and O–H groups in total. The molecule has 0 aliphatic heterocycles. The van der Waals surface area contributed by atoms with Gasteiger partial charge in [-0.1, -0.05) is 230 Å². The third kappa shape index (κ3) is 52.3. The maximum atomic E-state index is 12.9. The van der Waals surface area contributed by atoms with Crippen LogP contribution < -0.4 is 0 Å². The van der Waals surface area contributed by atoms with Crippen LogP contribution >= 0.6 is 7.82 Å². The number of allylic oxidation sites excluding steroid dienone is 8. The average Bonchev–Trinajstić information content (AvgIpc) is 3.37. The van der Waals surface area contributed by atoms with Crippen molar-refractivity contribution < 1.29 is 52.2 Å². The Bertz CT molecular complexity index is 1400. The molecule has 11 nitrogen and oxygen atoms in total. The van der Waals surface area contributed by atoms with Gasteiger partial charge < -0.3 is 24.2 Å². The van der Waals surface area contributed by atoms with Crippen molar-refractivity contribution in [3.05, 3.63) is 48.6 Å². The van der Waals surface area contributed by atoms with Crippen LogP contribution in [0.2, 0.25) is 0 Å². The molecule has 420 valence electrons. The number of phosphoric ester groups is 1. The SMILES string of the molecule is CC/C=C\C/C=C\C/C=C\CCCCCCCC(=O)OC(COC(=O)CCCCCCCCCCC/C=C\CCCCCCCC)COP(=O)(O)OCC(CO)OC(=O)CCCCCCCCCCCCC.